The van der Waals surface area contributed by atoms with E-state index in [1.165, 1.54) is 16.8 Å². The van der Waals surface area contributed by atoms with Crippen LogP contribution in [-0.4, -0.2) is 12.6 Å². The zero-order valence-electron chi connectivity index (χ0n) is 12.7. The highest BCUT2D eigenvalue weighted by molar-refractivity contribution is 5.52. The van der Waals surface area contributed by atoms with Gasteiger partial charge in [-0.3, -0.25) is 0 Å². The van der Waals surface area contributed by atoms with Crippen molar-refractivity contribution in [1.29, 1.82) is 0 Å². The third-order valence-corrected chi connectivity index (χ3v) is 4.27. The van der Waals surface area contributed by atoms with E-state index in [1.807, 2.05) is 0 Å². The molecule has 0 aliphatic rings. The van der Waals surface area contributed by atoms with Crippen LogP contribution in [0.1, 0.15) is 45.7 Å². The predicted molar refractivity (Wildman–Crippen MR) is 77.9 cm³/mol. The first-order valence-corrected chi connectivity index (χ1v) is 6.38. The van der Waals surface area contributed by atoms with Crippen LogP contribution in [-0.2, 0) is 0 Å². The Morgan fingerprint density at radius 3 is 1.59 bits per heavy atom. The molecule has 0 aliphatic carbocycles. The molecule has 0 aliphatic heterocycles. The number of benzene rings is 1. The first-order chi connectivity index (χ1) is 7.55. The quantitative estimate of drug-likeness (QED) is 0.723. The Hall–Kier alpha value is -0.980. The van der Waals surface area contributed by atoms with Gasteiger partial charge in [0.2, 0.25) is 0 Å². The number of hydrogen-bond acceptors (Lipinski definition) is 1. The van der Waals surface area contributed by atoms with Gasteiger partial charge < -0.3 is 4.90 Å². The predicted octanol–water partition coefficient (Wildman–Crippen LogP) is 4.56. The first kappa shape index (κ1) is 14.1. The number of rotatable bonds is 2. The minimum atomic E-state index is 0.118. The first-order valence-electron chi connectivity index (χ1n) is 6.38. The van der Waals surface area contributed by atoms with Gasteiger partial charge in [-0.2, -0.15) is 0 Å². The lowest BCUT2D eigenvalue weighted by Gasteiger charge is -2.47. The van der Waals surface area contributed by atoms with Crippen molar-refractivity contribution in [2.75, 3.05) is 11.9 Å². The molecule has 0 unspecified atom stereocenters. The fraction of sp³-hybridized carbons (Fsp3) is 0.625. The molecule has 0 heterocycles. The average Bonchev–Trinajstić information content (AvgIpc) is 2.13. The number of hydrogen-bond donors (Lipinski definition) is 0. The van der Waals surface area contributed by atoms with E-state index in [0.717, 1.165) is 0 Å². The van der Waals surface area contributed by atoms with Crippen molar-refractivity contribution in [2.45, 2.75) is 54.0 Å². The second kappa shape index (κ2) is 4.36. The van der Waals surface area contributed by atoms with E-state index in [4.69, 9.17) is 0 Å². The van der Waals surface area contributed by atoms with E-state index >= 15 is 0 Å². The van der Waals surface area contributed by atoms with Gasteiger partial charge in [-0.05, 0) is 56.4 Å². The molecule has 1 heteroatoms. The van der Waals surface area contributed by atoms with Crippen molar-refractivity contribution in [2.24, 2.45) is 5.41 Å². The SMILES string of the molecule is Cc1cc(C)cc(N(C)C(C)(C)C(C)(C)C)c1. The summed E-state index contributed by atoms with van der Waals surface area (Å²) in [6.45, 7) is 15.8. The van der Waals surface area contributed by atoms with Crippen molar-refractivity contribution in [1.82, 2.24) is 0 Å². The molecule has 0 saturated heterocycles. The highest BCUT2D eigenvalue weighted by Gasteiger charge is 2.36. The lowest BCUT2D eigenvalue weighted by atomic mass is 9.75. The molecule has 0 fully saturated rings. The molecule has 0 atom stereocenters. The number of aryl methyl sites for hydroxylation is 2. The Morgan fingerprint density at radius 1 is 0.824 bits per heavy atom. The van der Waals surface area contributed by atoms with E-state index in [-0.39, 0.29) is 11.0 Å². The summed E-state index contributed by atoms with van der Waals surface area (Å²) < 4.78 is 0. The lowest BCUT2D eigenvalue weighted by molar-refractivity contribution is 0.221. The van der Waals surface area contributed by atoms with E-state index in [2.05, 4.69) is 78.6 Å². The highest BCUT2D eigenvalue weighted by Crippen LogP contribution is 2.37. The molecule has 17 heavy (non-hydrogen) atoms. The molecule has 0 radical (unpaired) electrons. The molecule has 0 aromatic heterocycles. The van der Waals surface area contributed by atoms with Crippen LogP contribution in [0.4, 0.5) is 5.69 Å². The Balaban J connectivity index is 3.16. The van der Waals surface area contributed by atoms with Gasteiger partial charge in [0.25, 0.3) is 0 Å². The maximum absolute atomic E-state index is 2.40. The van der Waals surface area contributed by atoms with Crippen LogP contribution in [0.5, 0.6) is 0 Å². The van der Waals surface area contributed by atoms with Crippen molar-refractivity contribution in [3.63, 3.8) is 0 Å². The van der Waals surface area contributed by atoms with Gasteiger partial charge in [-0.1, -0.05) is 26.8 Å². The topological polar surface area (TPSA) is 3.24 Å². The molecule has 1 aromatic carbocycles. The average molecular weight is 233 g/mol. The number of anilines is 1. The third-order valence-electron chi connectivity index (χ3n) is 4.27. The molecule has 1 aromatic rings. The van der Waals surface area contributed by atoms with Gasteiger partial charge in [0.05, 0.1) is 0 Å². The van der Waals surface area contributed by atoms with Crippen LogP contribution in [0.3, 0.4) is 0 Å². The van der Waals surface area contributed by atoms with Crippen LogP contribution in [0.25, 0.3) is 0 Å². The molecule has 0 spiro atoms. The Bertz CT molecular complexity index is 376. The summed E-state index contributed by atoms with van der Waals surface area (Å²) in [4.78, 5) is 2.40. The Labute approximate surface area is 107 Å². The molecule has 1 rings (SSSR count). The van der Waals surface area contributed by atoms with Crippen LogP contribution in [0.15, 0.2) is 18.2 Å². The summed E-state index contributed by atoms with van der Waals surface area (Å²) in [6.07, 6.45) is 0. The van der Waals surface area contributed by atoms with Gasteiger partial charge in [0, 0.05) is 18.3 Å². The summed E-state index contributed by atoms with van der Waals surface area (Å²) in [7, 11) is 2.19. The summed E-state index contributed by atoms with van der Waals surface area (Å²) >= 11 is 0. The van der Waals surface area contributed by atoms with E-state index < -0.39 is 0 Å². The molecular formula is C16H27N. The maximum Gasteiger partial charge on any atom is 0.0391 e. The smallest absolute Gasteiger partial charge is 0.0391 e. The van der Waals surface area contributed by atoms with E-state index in [0.29, 0.717) is 0 Å². The summed E-state index contributed by atoms with van der Waals surface area (Å²) in [5.41, 5.74) is 4.32. The second-order valence-electron chi connectivity index (χ2n) is 6.71. The number of nitrogens with zero attached hydrogens (tertiary/aromatic N) is 1. The molecule has 0 N–H and O–H groups in total. The fourth-order valence-corrected chi connectivity index (χ4v) is 1.97. The van der Waals surface area contributed by atoms with Gasteiger partial charge in [-0.25, -0.2) is 0 Å². The van der Waals surface area contributed by atoms with Gasteiger partial charge >= 0.3 is 0 Å². The van der Waals surface area contributed by atoms with Crippen LogP contribution in [0, 0.1) is 19.3 Å². The van der Waals surface area contributed by atoms with Gasteiger partial charge in [0.1, 0.15) is 0 Å². The summed E-state index contributed by atoms with van der Waals surface area (Å²) in [5.74, 6) is 0. The van der Waals surface area contributed by atoms with Crippen LogP contribution < -0.4 is 4.90 Å². The normalized spacial score (nSPS) is 12.7. The molecular weight excluding hydrogens is 206 g/mol. The zero-order chi connectivity index (χ0) is 13.4. The Kier molecular flexibility index (Phi) is 3.61. The molecule has 1 nitrogen and oxygen atoms in total. The zero-order valence-corrected chi connectivity index (χ0v) is 12.7. The van der Waals surface area contributed by atoms with E-state index in [9.17, 15) is 0 Å². The molecule has 0 bridgehead atoms. The molecule has 0 amide bonds. The Morgan fingerprint density at radius 2 is 1.24 bits per heavy atom. The van der Waals surface area contributed by atoms with Crippen molar-refractivity contribution < 1.29 is 0 Å². The van der Waals surface area contributed by atoms with Gasteiger partial charge in [-0.15, -0.1) is 0 Å². The van der Waals surface area contributed by atoms with Crippen LogP contribution in [0.2, 0.25) is 0 Å². The maximum atomic E-state index is 2.40. The third kappa shape index (κ3) is 2.83. The monoisotopic (exact) mass is 233 g/mol. The minimum absolute atomic E-state index is 0.118. The molecule has 0 saturated carbocycles. The van der Waals surface area contributed by atoms with Crippen molar-refractivity contribution in [3.05, 3.63) is 29.3 Å². The standard InChI is InChI=1S/C16H27N/c1-12-9-13(2)11-14(10-12)17(8)16(6,7)15(3,4)5/h9-11H,1-8H3. The summed E-state index contributed by atoms with van der Waals surface area (Å²) in [5, 5.41) is 0. The van der Waals surface area contributed by atoms with Crippen molar-refractivity contribution >= 4 is 5.69 Å². The largest absolute Gasteiger partial charge is 0.369 e. The van der Waals surface area contributed by atoms with Crippen molar-refractivity contribution in [3.8, 4) is 0 Å². The minimum Gasteiger partial charge on any atom is -0.369 e. The lowest BCUT2D eigenvalue weighted by Crippen LogP contribution is -2.51. The van der Waals surface area contributed by atoms with E-state index in [1.54, 1.807) is 0 Å². The second-order valence-corrected chi connectivity index (χ2v) is 6.71. The summed E-state index contributed by atoms with van der Waals surface area (Å²) in [6, 6.07) is 6.75. The van der Waals surface area contributed by atoms with Crippen LogP contribution >= 0.6 is 0 Å². The fourth-order valence-electron chi connectivity index (χ4n) is 1.97. The highest BCUT2D eigenvalue weighted by atomic mass is 15.2. The van der Waals surface area contributed by atoms with Gasteiger partial charge in [0.15, 0.2) is 0 Å². The molecule has 96 valence electrons.